The summed E-state index contributed by atoms with van der Waals surface area (Å²) in [5.74, 6) is 0.102. The minimum absolute atomic E-state index is 0.152. The molecule has 3 heterocycles. The lowest BCUT2D eigenvalue weighted by molar-refractivity contribution is 0.181. The van der Waals surface area contributed by atoms with Crippen molar-refractivity contribution in [1.82, 2.24) is 19.7 Å². The number of aryl methyl sites for hydroxylation is 1. The molecule has 1 saturated carbocycles. The van der Waals surface area contributed by atoms with Gasteiger partial charge in [0, 0.05) is 56.3 Å². The van der Waals surface area contributed by atoms with E-state index in [0.717, 1.165) is 31.2 Å². The molecular formula is C24H25ClFN5O2. The van der Waals surface area contributed by atoms with Crippen LogP contribution < -0.4 is 9.64 Å². The molecule has 3 aromatic rings. The summed E-state index contributed by atoms with van der Waals surface area (Å²) in [6.45, 7) is 1.05. The number of hydrogen-bond acceptors (Lipinski definition) is 4. The Balaban J connectivity index is 1.35. The van der Waals surface area contributed by atoms with E-state index in [9.17, 15) is 4.79 Å². The third-order valence-electron chi connectivity index (χ3n) is 6.31. The second-order valence-electron chi connectivity index (χ2n) is 8.54. The van der Waals surface area contributed by atoms with Gasteiger partial charge in [0.2, 0.25) is 0 Å². The number of anilines is 1. The molecule has 0 bridgehead atoms. The standard InChI is InChI=1S/C24H25ClFN5O2/c1-29-15-16(14-28-29)21-11-18(7-8-27-21)33-23-13-20(26)22(12-19(23)25)31-10-9-30(24(31)32)17-5-3-2-4-6-17/h7-8,11-15,17H,2-6,9-10H2,1H3. The number of amides is 2. The number of pyridine rings is 1. The van der Waals surface area contributed by atoms with Gasteiger partial charge in [-0.15, -0.1) is 0 Å². The van der Waals surface area contributed by atoms with E-state index < -0.39 is 5.82 Å². The van der Waals surface area contributed by atoms with Gasteiger partial charge in [-0.3, -0.25) is 14.6 Å². The van der Waals surface area contributed by atoms with Crippen LogP contribution in [0.1, 0.15) is 32.1 Å². The number of carbonyl (C=O) groups excluding carboxylic acids is 1. The lowest BCUT2D eigenvalue weighted by Gasteiger charge is -2.30. The lowest BCUT2D eigenvalue weighted by Crippen LogP contribution is -2.40. The Morgan fingerprint density at radius 2 is 1.97 bits per heavy atom. The predicted octanol–water partition coefficient (Wildman–Crippen LogP) is 5.64. The number of urea groups is 1. The van der Waals surface area contributed by atoms with E-state index in [1.807, 2.05) is 18.1 Å². The zero-order valence-electron chi connectivity index (χ0n) is 18.4. The number of nitrogens with zero attached hydrogens (tertiary/aromatic N) is 5. The van der Waals surface area contributed by atoms with E-state index in [1.54, 1.807) is 29.2 Å². The molecule has 2 fully saturated rings. The highest BCUT2D eigenvalue weighted by Gasteiger charge is 2.36. The molecular weight excluding hydrogens is 445 g/mol. The third kappa shape index (κ3) is 4.39. The summed E-state index contributed by atoms with van der Waals surface area (Å²) >= 11 is 6.45. The average Bonchev–Trinajstić information content (AvgIpc) is 3.42. The summed E-state index contributed by atoms with van der Waals surface area (Å²) in [7, 11) is 1.83. The Kier molecular flexibility index (Phi) is 5.93. The molecule has 2 aromatic heterocycles. The van der Waals surface area contributed by atoms with Gasteiger partial charge in [0.1, 0.15) is 11.5 Å². The normalized spacial score (nSPS) is 17.1. The van der Waals surface area contributed by atoms with Crippen LogP contribution in [0, 0.1) is 5.82 Å². The molecule has 2 aliphatic rings. The van der Waals surface area contributed by atoms with Crippen LogP contribution in [0.4, 0.5) is 14.9 Å². The molecule has 7 nitrogen and oxygen atoms in total. The van der Waals surface area contributed by atoms with Crippen molar-refractivity contribution in [3.8, 4) is 22.8 Å². The number of hydrogen-bond donors (Lipinski definition) is 0. The molecule has 1 aliphatic carbocycles. The highest BCUT2D eigenvalue weighted by atomic mass is 35.5. The molecule has 0 unspecified atom stereocenters. The second-order valence-corrected chi connectivity index (χ2v) is 8.94. The van der Waals surface area contributed by atoms with E-state index >= 15 is 4.39 Å². The molecule has 5 rings (SSSR count). The van der Waals surface area contributed by atoms with Crippen molar-refractivity contribution >= 4 is 23.3 Å². The Morgan fingerprint density at radius 3 is 2.73 bits per heavy atom. The monoisotopic (exact) mass is 469 g/mol. The van der Waals surface area contributed by atoms with Crippen LogP contribution in [0.3, 0.4) is 0 Å². The van der Waals surface area contributed by atoms with Gasteiger partial charge in [-0.25, -0.2) is 9.18 Å². The van der Waals surface area contributed by atoms with E-state index in [4.69, 9.17) is 16.3 Å². The van der Waals surface area contributed by atoms with Gasteiger partial charge in [-0.2, -0.15) is 5.10 Å². The Hall–Kier alpha value is -3.13. The minimum atomic E-state index is -0.546. The van der Waals surface area contributed by atoms with Crippen molar-refractivity contribution in [3.63, 3.8) is 0 Å². The number of carbonyl (C=O) groups is 1. The van der Waals surface area contributed by atoms with Crippen LogP contribution in [-0.2, 0) is 7.05 Å². The molecule has 172 valence electrons. The molecule has 0 atom stereocenters. The van der Waals surface area contributed by atoms with Gasteiger partial charge in [0.25, 0.3) is 0 Å². The average molecular weight is 470 g/mol. The SMILES string of the molecule is Cn1cc(-c2cc(Oc3cc(F)c(N4CCN(C5CCCCC5)C4=O)cc3Cl)ccn2)cn1. The largest absolute Gasteiger partial charge is 0.456 e. The molecule has 0 N–H and O–H groups in total. The summed E-state index contributed by atoms with van der Waals surface area (Å²) < 4.78 is 22.7. The van der Waals surface area contributed by atoms with Crippen molar-refractivity contribution in [3.05, 3.63) is 53.7 Å². The molecule has 0 radical (unpaired) electrons. The Labute approximate surface area is 196 Å². The van der Waals surface area contributed by atoms with Crippen LogP contribution >= 0.6 is 11.6 Å². The van der Waals surface area contributed by atoms with Crippen LogP contribution in [0.2, 0.25) is 5.02 Å². The fourth-order valence-corrected chi connectivity index (χ4v) is 4.82. The number of halogens is 2. The van der Waals surface area contributed by atoms with E-state index in [-0.39, 0.29) is 28.5 Å². The smallest absolute Gasteiger partial charge is 0.324 e. The second kappa shape index (κ2) is 9.02. The Morgan fingerprint density at radius 1 is 1.15 bits per heavy atom. The van der Waals surface area contributed by atoms with Crippen molar-refractivity contribution in [2.45, 2.75) is 38.1 Å². The van der Waals surface area contributed by atoms with E-state index in [0.29, 0.717) is 24.5 Å². The zero-order chi connectivity index (χ0) is 22.9. The first-order chi connectivity index (χ1) is 16.0. The fourth-order valence-electron chi connectivity index (χ4n) is 4.63. The van der Waals surface area contributed by atoms with Gasteiger partial charge in [0.05, 0.1) is 22.6 Å². The first kappa shape index (κ1) is 21.7. The summed E-state index contributed by atoms with van der Waals surface area (Å²) in [4.78, 5) is 20.7. The van der Waals surface area contributed by atoms with Gasteiger partial charge >= 0.3 is 6.03 Å². The Bertz CT molecular complexity index is 1180. The van der Waals surface area contributed by atoms with Gasteiger partial charge in [0.15, 0.2) is 5.82 Å². The van der Waals surface area contributed by atoms with E-state index in [1.165, 1.54) is 23.5 Å². The zero-order valence-corrected chi connectivity index (χ0v) is 19.1. The number of aromatic nitrogens is 3. The maximum Gasteiger partial charge on any atom is 0.324 e. The number of benzene rings is 1. The van der Waals surface area contributed by atoms with Gasteiger partial charge < -0.3 is 9.64 Å². The molecule has 0 spiro atoms. The minimum Gasteiger partial charge on any atom is -0.456 e. The van der Waals surface area contributed by atoms with Crippen LogP contribution in [0.15, 0.2) is 42.9 Å². The van der Waals surface area contributed by atoms with Crippen LogP contribution in [-0.4, -0.2) is 44.8 Å². The maximum absolute atomic E-state index is 15.1. The van der Waals surface area contributed by atoms with Crippen molar-refractivity contribution in [2.24, 2.45) is 7.05 Å². The van der Waals surface area contributed by atoms with Crippen molar-refractivity contribution in [1.29, 1.82) is 0 Å². The summed E-state index contributed by atoms with van der Waals surface area (Å²) in [6.07, 6.45) is 10.7. The molecule has 1 saturated heterocycles. The lowest BCUT2D eigenvalue weighted by atomic mass is 9.94. The molecule has 2 amide bonds. The summed E-state index contributed by atoms with van der Waals surface area (Å²) in [5, 5.41) is 4.38. The fraction of sp³-hybridized carbons (Fsp3) is 0.375. The molecule has 33 heavy (non-hydrogen) atoms. The predicted molar refractivity (Wildman–Crippen MR) is 124 cm³/mol. The topological polar surface area (TPSA) is 63.5 Å². The summed E-state index contributed by atoms with van der Waals surface area (Å²) in [6, 6.07) is 6.22. The van der Waals surface area contributed by atoms with Gasteiger partial charge in [-0.05, 0) is 25.0 Å². The number of ether oxygens (including phenoxy) is 1. The molecule has 1 aliphatic heterocycles. The van der Waals surface area contributed by atoms with Crippen LogP contribution in [0.25, 0.3) is 11.3 Å². The molecule has 1 aromatic carbocycles. The molecule has 9 heteroatoms. The van der Waals surface area contributed by atoms with Crippen molar-refractivity contribution < 1.29 is 13.9 Å². The highest BCUT2D eigenvalue weighted by Crippen LogP contribution is 2.37. The first-order valence-corrected chi connectivity index (χ1v) is 11.6. The van der Waals surface area contributed by atoms with Crippen molar-refractivity contribution in [2.75, 3.05) is 18.0 Å². The maximum atomic E-state index is 15.1. The third-order valence-corrected chi connectivity index (χ3v) is 6.60. The summed E-state index contributed by atoms with van der Waals surface area (Å²) in [5.41, 5.74) is 1.70. The number of rotatable bonds is 5. The van der Waals surface area contributed by atoms with Gasteiger partial charge in [-0.1, -0.05) is 30.9 Å². The van der Waals surface area contributed by atoms with E-state index in [2.05, 4.69) is 10.1 Å². The van der Waals surface area contributed by atoms with Crippen LogP contribution in [0.5, 0.6) is 11.5 Å². The highest BCUT2D eigenvalue weighted by molar-refractivity contribution is 6.32. The first-order valence-electron chi connectivity index (χ1n) is 11.2. The quantitative estimate of drug-likeness (QED) is 0.485.